The SMILES string of the molecule is CCC1(NC)SC1C(O)CC(=O)c1ccccc1. The lowest BCUT2D eigenvalue weighted by atomic mass is 9.99. The molecule has 3 nitrogen and oxygen atoms in total. The van der Waals surface area contributed by atoms with E-state index >= 15 is 0 Å². The van der Waals surface area contributed by atoms with Crippen LogP contribution in [0.25, 0.3) is 0 Å². The third-order valence-corrected chi connectivity index (χ3v) is 5.41. The van der Waals surface area contributed by atoms with Gasteiger partial charge in [0, 0.05) is 12.0 Å². The zero-order valence-electron chi connectivity index (χ0n) is 10.7. The summed E-state index contributed by atoms with van der Waals surface area (Å²) in [5, 5.41) is 13.5. The number of aliphatic hydroxyl groups is 1. The molecule has 1 aliphatic heterocycles. The van der Waals surface area contributed by atoms with E-state index in [1.54, 1.807) is 23.9 Å². The standard InChI is InChI=1S/C14H19NO2S/c1-3-14(15-2)13(18-14)12(17)9-11(16)10-7-5-4-6-8-10/h4-8,12-13,15,17H,3,9H2,1-2H3. The number of rotatable bonds is 6. The first-order valence-corrected chi connectivity index (χ1v) is 7.14. The highest BCUT2D eigenvalue weighted by molar-refractivity contribution is 8.08. The van der Waals surface area contributed by atoms with Crippen molar-refractivity contribution in [2.75, 3.05) is 7.05 Å². The maximum absolute atomic E-state index is 12.0. The van der Waals surface area contributed by atoms with Crippen molar-refractivity contribution in [1.29, 1.82) is 0 Å². The fourth-order valence-corrected chi connectivity index (χ4v) is 3.65. The quantitative estimate of drug-likeness (QED) is 0.610. The van der Waals surface area contributed by atoms with Gasteiger partial charge in [-0.15, -0.1) is 11.8 Å². The van der Waals surface area contributed by atoms with E-state index in [4.69, 9.17) is 0 Å². The van der Waals surface area contributed by atoms with Crippen molar-refractivity contribution < 1.29 is 9.90 Å². The summed E-state index contributed by atoms with van der Waals surface area (Å²) < 4.78 is 0. The lowest BCUT2D eigenvalue weighted by Gasteiger charge is -2.14. The van der Waals surface area contributed by atoms with Gasteiger partial charge in [-0.25, -0.2) is 0 Å². The van der Waals surface area contributed by atoms with Gasteiger partial charge in [0.15, 0.2) is 5.78 Å². The average molecular weight is 265 g/mol. The summed E-state index contributed by atoms with van der Waals surface area (Å²) in [6, 6.07) is 9.15. The highest BCUT2D eigenvalue weighted by atomic mass is 32.2. The molecule has 1 fully saturated rings. The number of carbonyl (C=O) groups excluding carboxylic acids is 1. The van der Waals surface area contributed by atoms with Crippen LogP contribution in [0.3, 0.4) is 0 Å². The van der Waals surface area contributed by atoms with Crippen molar-refractivity contribution in [1.82, 2.24) is 5.32 Å². The van der Waals surface area contributed by atoms with Gasteiger partial charge in [-0.1, -0.05) is 37.3 Å². The third-order valence-electron chi connectivity index (χ3n) is 3.53. The van der Waals surface area contributed by atoms with E-state index in [9.17, 15) is 9.90 Å². The summed E-state index contributed by atoms with van der Waals surface area (Å²) in [4.78, 5) is 12.0. The maximum Gasteiger partial charge on any atom is 0.165 e. The molecule has 1 aliphatic rings. The Morgan fingerprint density at radius 2 is 2.17 bits per heavy atom. The Bertz CT molecular complexity index is 417. The molecule has 98 valence electrons. The topological polar surface area (TPSA) is 49.3 Å². The second kappa shape index (κ2) is 5.43. The van der Waals surface area contributed by atoms with Crippen LogP contribution in [-0.2, 0) is 0 Å². The zero-order chi connectivity index (χ0) is 13.2. The van der Waals surface area contributed by atoms with Crippen LogP contribution >= 0.6 is 11.8 Å². The number of aliphatic hydroxyl groups excluding tert-OH is 1. The molecule has 4 heteroatoms. The molecule has 0 aromatic heterocycles. The fraction of sp³-hybridized carbons (Fsp3) is 0.500. The zero-order valence-corrected chi connectivity index (χ0v) is 11.5. The molecule has 0 spiro atoms. The molecule has 1 saturated heterocycles. The van der Waals surface area contributed by atoms with Crippen molar-refractivity contribution in [2.24, 2.45) is 0 Å². The second-order valence-corrected chi connectivity index (χ2v) is 6.06. The van der Waals surface area contributed by atoms with E-state index in [1.807, 2.05) is 25.2 Å². The van der Waals surface area contributed by atoms with E-state index in [2.05, 4.69) is 12.2 Å². The van der Waals surface area contributed by atoms with E-state index in [-0.39, 0.29) is 22.3 Å². The number of thioether (sulfide) groups is 1. The summed E-state index contributed by atoms with van der Waals surface area (Å²) in [5.41, 5.74) is 0.675. The van der Waals surface area contributed by atoms with Gasteiger partial charge in [-0.05, 0) is 13.5 Å². The molecule has 3 atom stereocenters. The first-order chi connectivity index (χ1) is 8.63. The predicted molar refractivity (Wildman–Crippen MR) is 74.9 cm³/mol. The first kappa shape index (κ1) is 13.6. The molecule has 2 N–H and O–H groups in total. The minimum Gasteiger partial charge on any atom is -0.391 e. The fourth-order valence-electron chi connectivity index (χ4n) is 2.28. The number of nitrogens with one attached hydrogen (secondary N) is 1. The van der Waals surface area contributed by atoms with E-state index in [1.165, 1.54) is 0 Å². The highest BCUT2D eigenvalue weighted by Gasteiger charge is 2.56. The molecule has 1 heterocycles. The monoisotopic (exact) mass is 265 g/mol. The van der Waals surface area contributed by atoms with Gasteiger partial charge < -0.3 is 10.4 Å². The Hall–Kier alpha value is -0.840. The van der Waals surface area contributed by atoms with Crippen LogP contribution in [0.5, 0.6) is 0 Å². The summed E-state index contributed by atoms with van der Waals surface area (Å²) in [5.74, 6) is 0.0108. The van der Waals surface area contributed by atoms with Crippen LogP contribution in [0.15, 0.2) is 30.3 Å². The summed E-state index contributed by atoms with van der Waals surface area (Å²) >= 11 is 1.72. The molecule has 1 aromatic carbocycles. The molecule has 18 heavy (non-hydrogen) atoms. The molecule has 0 radical (unpaired) electrons. The minimum atomic E-state index is -0.574. The Morgan fingerprint density at radius 3 is 2.67 bits per heavy atom. The van der Waals surface area contributed by atoms with E-state index in [0.29, 0.717) is 5.56 Å². The average Bonchev–Trinajstić information content (AvgIpc) is 3.15. The van der Waals surface area contributed by atoms with Crippen LogP contribution in [0.1, 0.15) is 30.1 Å². The van der Waals surface area contributed by atoms with Crippen LogP contribution in [0, 0.1) is 0 Å². The van der Waals surface area contributed by atoms with Crippen molar-refractivity contribution in [2.45, 2.75) is 36.0 Å². The molecule has 1 aromatic rings. The van der Waals surface area contributed by atoms with Gasteiger partial charge >= 0.3 is 0 Å². The van der Waals surface area contributed by atoms with E-state index < -0.39 is 6.10 Å². The van der Waals surface area contributed by atoms with Gasteiger partial charge in [-0.2, -0.15) is 0 Å². The third kappa shape index (κ3) is 2.60. The highest BCUT2D eigenvalue weighted by Crippen LogP contribution is 2.55. The summed E-state index contributed by atoms with van der Waals surface area (Å²) in [7, 11) is 1.90. The van der Waals surface area contributed by atoms with Crippen LogP contribution in [-0.4, -0.2) is 34.2 Å². The van der Waals surface area contributed by atoms with Gasteiger partial charge in [-0.3, -0.25) is 4.79 Å². The van der Waals surface area contributed by atoms with Gasteiger partial charge in [0.25, 0.3) is 0 Å². The van der Waals surface area contributed by atoms with Gasteiger partial charge in [0.2, 0.25) is 0 Å². The number of Topliss-reactive ketones (excluding diaryl/α,β-unsaturated/α-hetero) is 1. The van der Waals surface area contributed by atoms with Gasteiger partial charge in [0.05, 0.1) is 16.2 Å². The molecule has 0 bridgehead atoms. The maximum atomic E-state index is 12.0. The number of benzene rings is 1. The number of hydrogen-bond acceptors (Lipinski definition) is 4. The normalized spacial score (nSPS) is 27.8. The Labute approximate surface area is 112 Å². The Balaban J connectivity index is 1.93. The van der Waals surface area contributed by atoms with Crippen molar-refractivity contribution in [3.63, 3.8) is 0 Å². The Morgan fingerprint density at radius 1 is 1.50 bits per heavy atom. The largest absolute Gasteiger partial charge is 0.391 e. The number of ketones is 1. The van der Waals surface area contributed by atoms with Crippen molar-refractivity contribution >= 4 is 17.5 Å². The van der Waals surface area contributed by atoms with Crippen LogP contribution in [0.4, 0.5) is 0 Å². The number of hydrogen-bond donors (Lipinski definition) is 2. The molecule has 3 unspecified atom stereocenters. The molecule has 0 aliphatic carbocycles. The summed E-state index contributed by atoms with van der Waals surface area (Å²) in [6.07, 6.45) is 0.579. The smallest absolute Gasteiger partial charge is 0.165 e. The van der Waals surface area contributed by atoms with Crippen molar-refractivity contribution in [3.8, 4) is 0 Å². The predicted octanol–water partition coefficient (Wildman–Crippen LogP) is 2.06. The molecule has 2 rings (SSSR count). The van der Waals surface area contributed by atoms with Crippen LogP contribution < -0.4 is 5.32 Å². The minimum absolute atomic E-state index is 0.0108. The van der Waals surface area contributed by atoms with Crippen molar-refractivity contribution in [3.05, 3.63) is 35.9 Å². The van der Waals surface area contributed by atoms with E-state index in [0.717, 1.165) is 6.42 Å². The second-order valence-electron chi connectivity index (χ2n) is 4.59. The lowest BCUT2D eigenvalue weighted by Crippen LogP contribution is -2.35. The molecule has 0 saturated carbocycles. The number of carbonyl (C=O) groups is 1. The van der Waals surface area contributed by atoms with Crippen LogP contribution in [0.2, 0.25) is 0 Å². The molecular formula is C14H19NO2S. The first-order valence-electron chi connectivity index (χ1n) is 6.26. The Kier molecular flexibility index (Phi) is 4.10. The molecule has 0 amide bonds. The van der Waals surface area contributed by atoms with Gasteiger partial charge in [0.1, 0.15) is 0 Å². The lowest BCUT2D eigenvalue weighted by molar-refractivity contribution is 0.0874. The summed E-state index contributed by atoms with van der Waals surface area (Å²) in [6.45, 7) is 2.09. The molecular weight excluding hydrogens is 246 g/mol.